The highest BCUT2D eigenvalue weighted by atomic mass is 35.5. The van der Waals surface area contributed by atoms with Crippen LogP contribution in [-0.2, 0) is 9.53 Å². The van der Waals surface area contributed by atoms with E-state index in [4.69, 9.17) is 16.3 Å². The van der Waals surface area contributed by atoms with Crippen molar-refractivity contribution in [1.82, 2.24) is 5.32 Å². The normalized spacial score (nSPS) is 12.9. The lowest BCUT2D eigenvalue weighted by Gasteiger charge is -2.21. The lowest BCUT2D eigenvalue weighted by Crippen LogP contribution is -2.26. The largest absolute Gasteiger partial charge is 0.465 e. The van der Waals surface area contributed by atoms with Crippen LogP contribution in [0.4, 0.5) is 10.1 Å². The van der Waals surface area contributed by atoms with Crippen LogP contribution in [0.2, 0.25) is 5.02 Å². The Morgan fingerprint density at radius 2 is 1.85 bits per heavy atom. The standard InChI is InChI=1S/C20H22ClFN2O3/c1-12(19(25)24-15-8-9-17(22)16(21)11-15)10-18(23-2)13-4-6-14(7-5-13)20(26)27-3/h4-9,11-12,18,23H,10H2,1-3H3,(H,24,25). The first-order valence-corrected chi connectivity index (χ1v) is 8.85. The van der Waals surface area contributed by atoms with E-state index in [0.29, 0.717) is 17.7 Å². The fraction of sp³-hybridized carbons (Fsp3) is 0.300. The monoisotopic (exact) mass is 392 g/mol. The molecule has 7 heteroatoms. The summed E-state index contributed by atoms with van der Waals surface area (Å²) in [6, 6.07) is 11.0. The molecule has 2 unspecified atom stereocenters. The summed E-state index contributed by atoms with van der Waals surface area (Å²) >= 11 is 5.74. The summed E-state index contributed by atoms with van der Waals surface area (Å²) in [6.07, 6.45) is 0.537. The van der Waals surface area contributed by atoms with Crippen LogP contribution in [-0.4, -0.2) is 26.0 Å². The van der Waals surface area contributed by atoms with E-state index in [9.17, 15) is 14.0 Å². The molecule has 0 spiro atoms. The number of carbonyl (C=O) groups excluding carboxylic acids is 2. The van der Waals surface area contributed by atoms with Gasteiger partial charge in [0.15, 0.2) is 0 Å². The van der Waals surface area contributed by atoms with Gasteiger partial charge in [0.1, 0.15) is 5.82 Å². The van der Waals surface area contributed by atoms with Crippen molar-refractivity contribution < 1.29 is 18.7 Å². The van der Waals surface area contributed by atoms with Gasteiger partial charge >= 0.3 is 5.97 Å². The lowest BCUT2D eigenvalue weighted by molar-refractivity contribution is -0.119. The van der Waals surface area contributed by atoms with Gasteiger partial charge in [-0.05, 0) is 49.4 Å². The molecule has 0 saturated heterocycles. The molecular formula is C20H22ClFN2O3. The van der Waals surface area contributed by atoms with Crippen LogP contribution in [0.15, 0.2) is 42.5 Å². The third kappa shape index (κ3) is 5.52. The minimum atomic E-state index is -0.534. The van der Waals surface area contributed by atoms with Crippen molar-refractivity contribution in [3.63, 3.8) is 0 Å². The summed E-state index contributed by atoms with van der Waals surface area (Å²) in [5.74, 6) is -1.43. The maximum atomic E-state index is 13.2. The molecule has 0 aliphatic carbocycles. The molecule has 0 saturated carbocycles. The molecule has 0 aliphatic rings. The predicted molar refractivity (Wildman–Crippen MR) is 103 cm³/mol. The highest BCUT2D eigenvalue weighted by Gasteiger charge is 2.20. The maximum Gasteiger partial charge on any atom is 0.337 e. The molecule has 2 N–H and O–H groups in total. The molecule has 0 aliphatic heterocycles. The van der Waals surface area contributed by atoms with Crippen LogP contribution >= 0.6 is 11.6 Å². The number of ether oxygens (including phenoxy) is 1. The van der Waals surface area contributed by atoms with Crippen molar-refractivity contribution in [1.29, 1.82) is 0 Å². The number of methoxy groups -OCH3 is 1. The summed E-state index contributed by atoms with van der Waals surface area (Å²) in [5.41, 5.74) is 1.87. The van der Waals surface area contributed by atoms with Crippen LogP contribution in [0.5, 0.6) is 0 Å². The van der Waals surface area contributed by atoms with Crippen molar-refractivity contribution >= 4 is 29.2 Å². The number of hydrogen-bond acceptors (Lipinski definition) is 4. The van der Waals surface area contributed by atoms with Gasteiger partial charge in [0.25, 0.3) is 0 Å². The Morgan fingerprint density at radius 1 is 1.19 bits per heavy atom. The number of hydrogen-bond donors (Lipinski definition) is 2. The number of rotatable bonds is 7. The first-order chi connectivity index (χ1) is 12.8. The Bertz CT molecular complexity index is 811. The molecule has 2 rings (SSSR count). The predicted octanol–water partition coefficient (Wildman–Crippen LogP) is 4.19. The van der Waals surface area contributed by atoms with Crippen LogP contribution < -0.4 is 10.6 Å². The summed E-state index contributed by atoms with van der Waals surface area (Å²) in [6.45, 7) is 1.81. The van der Waals surface area contributed by atoms with E-state index in [1.165, 1.54) is 25.3 Å². The minimum Gasteiger partial charge on any atom is -0.465 e. The Balaban J connectivity index is 2.02. The molecular weight excluding hydrogens is 371 g/mol. The average molecular weight is 393 g/mol. The Morgan fingerprint density at radius 3 is 2.41 bits per heavy atom. The molecule has 27 heavy (non-hydrogen) atoms. The number of amides is 1. The summed E-state index contributed by atoms with van der Waals surface area (Å²) < 4.78 is 17.9. The number of nitrogens with one attached hydrogen (secondary N) is 2. The number of anilines is 1. The van der Waals surface area contributed by atoms with Gasteiger partial charge in [0.05, 0.1) is 17.7 Å². The second-order valence-corrected chi connectivity index (χ2v) is 6.62. The lowest BCUT2D eigenvalue weighted by atomic mass is 9.94. The second kappa shape index (κ2) is 9.48. The maximum absolute atomic E-state index is 13.2. The van der Waals surface area contributed by atoms with Crippen LogP contribution in [0, 0.1) is 11.7 Å². The fourth-order valence-electron chi connectivity index (χ4n) is 2.69. The Kier molecular flexibility index (Phi) is 7.33. The summed E-state index contributed by atoms with van der Waals surface area (Å²) in [5, 5.41) is 5.88. The van der Waals surface area contributed by atoms with Crippen molar-refractivity contribution in [3.8, 4) is 0 Å². The van der Waals surface area contributed by atoms with E-state index in [2.05, 4.69) is 10.6 Å². The van der Waals surface area contributed by atoms with Gasteiger partial charge in [0, 0.05) is 17.6 Å². The van der Waals surface area contributed by atoms with Crippen LogP contribution in [0.3, 0.4) is 0 Å². The molecule has 1 amide bonds. The molecule has 0 heterocycles. The van der Waals surface area contributed by atoms with Gasteiger partial charge in [-0.2, -0.15) is 0 Å². The van der Waals surface area contributed by atoms with Crippen LogP contribution in [0.1, 0.15) is 35.3 Å². The SMILES string of the molecule is CNC(CC(C)C(=O)Nc1ccc(F)c(Cl)c1)c1ccc(C(=O)OC)cc1. The van der Waals surface area contributed by atoms with Gasteiger partial charge in [0.2, 0.25) is 5.91 Å². The molecule has 2 atom stereocenters. The van der Waals surface area contributed by atoms with Crippen molar-refractivity contribution in [3.05, 3.63) is 64.4 Å². The first-order valence-electron chi connectivity index (χ1n) is 8.47. The highest BCUT2D eigenvalue weighted by Crippen LogP contribution is 2.24. The zero-order valence-electron chi connectivity index (χ0n) is 15.4. The van der Waals surface area contributed by atoms with E-state index in [1.807, 2.05) is 26.1 Å². The van der Waals surface area contributed by atoms with E-state index in [0.717, 1.165) is 5.56 Å². The van der Waals surface area contributed by atoms with E-state index in [-0.39, 0.29) is 22.9 Å². The second-order valence-electron chi connectivity index (χ2n) is 6.21. The highest BCUT2D eigenvalue weighted by molar-refractivity contribution is 6.31. The smallest absolute Gasteiger partial charge is 0.337 e. The quantitative estimate of drug-likeness (QED) is 0.693. The topological polar surface area (TPSA) is 67.4 Å². The average Bonchev–Trinajstić information content (AvgIpc) is 2.68. The molecule has 0 bridgehead atoms. The molecule has 0 radical (unpaired) electrons. The zero-order valence-corrected chi connectivity index (χ0v) is 16.1. The third-order valence-corrected chi connectivity index (χ3v) is 4.60. The van der Waals surface area contributed by atoms with Gasteiger partial charge in [-0.25, -0.2) is 9.18 Å². The fourth-order valence-corrected chi connectivity index (χ4v) is 2.87. The first kappa shape index (κ1) is 20.9. The molecule has 144 valence electrons. The molecule has 5 nitrogen and oxygen atoms in total. The molecule has 0 fully saturated rings. The summed E-state index contributed by atoms with van der Waals surface area (Å²) in [7, 11) is 3.14. The Hall–Kier alpha value is -2.44. The van der Waals surface area contributed by atoms with Gasteiger partial charge in [-0.3, -0.25) is 4.79 Å². The van der Waals surface area contributed by atoms with Crippen molar-refractivity contribution in [2.75, 3.05) is 19.5 Å². The Labute approximate surface area is 162 Å². The van der Waals surface area contributed by atoms with E-state index in [1.54, 1.807) is 12.1 Å². The zero-order chi connectivity index (χ0) is 20.0. The van der Waals surface area contributed by atoms with Crippen molar-refractivity contribution in [2.24, 2.45) is 5.92 Å². The van der Waals surface area contributed by atoms with Gasteiger partial charge < -0.3 is 15.4 Å². The number of esters is 1. The number of carbonyl (C=O) groups is 2. The molecule has 0 aromatic heterocycles. The molecule has 2 aromatic carbocycles. The number of benzene rings is 2. The van der Waals surface area contributed by atoms with E-state index >= 15 is 0 Å². The minimum absolute atomic E-state index is 0.0424. The third-order valence-electron chi connectivity index (χ3n) is 4.31. The molecule has 2 aromatic rings. The van der Waals surface area contributed by atoms with Gasteiger partial charge in [-0.1, -0.05) is 30.7 Å². The van der Waals surface area contributed by atoms with Crippen molar-refractivity contribution in [2.45, 2.75) is 19.4 Å². The number of halogens is 2. The van der Waals surface area contributed by atoms with E-state index < -0.39 is 11.8 Å². The van der Waals surface area contributed by atoms with Gasteiger partial charge in [-0.15, -0.1) is 0 Å². The summed E-state index contributed by atoms with van der Waals surface area (Å²) in [4.78, 5) is 24.0. The van der Waals surface area contributed by atoms with Crippen LogP contribution in [0.25, 0.3) is 0 Å².